The molecule has 2 aromatic carbocycles. The monoisotopic (exact) mass is 372 g/mol. The van der Waals surface area contributed by atoms with Gasteiger partial charge in [-0.2, -0.15) is 0 Å². The van der Waals surface area contributed by atoms with E-state index in [0.717, 1.165) is 36.4 Å². The van der Waals surface area contributed by atoms with E-state index in [0.29, 0.717) is 0 Å². The summed E-state index contributed by atoms with van der Waals surface area (Å²) in [5, 5.41) is 28.9. The normalized spacial score (nSPS) is 11.0. The second-order valence-electron chi connectivity index (χ2n) is 4.51. The predicted molar refractivity (Wildman–Crippen MR) is 84.0 cm³/mol. The number of carboxylic acid groups (broad SMARTS) is 1. The van der Waals surface area contributed by atoms with Crippen molar-refractivity contribution in [2.45, 2.75) is 4.90 Å². The molecular formula is C13H9ClN2O7S. The Hall–Kier alpha value is -2.85. The van der Waals surface area contributed by atoms with Crippen LogP contribution in [0.3, 0.4) is 0 Å². The summed E-state index contributed by atoms with van der Waals surface area (Å²) in [7, 11) is -4.23. The minimum atomic E-state index is -4.23. The number of nitrogens with one attached hydrogen (secondary N) is 1. The number of nitro groups is 1. The van der Waals surface area contributed by atoms with Crippen LogP contribution in [-0.4, -0.2) is 29.5 Å². The summed E-state index contributed by atoms with van der Waals surface area (Å²) in [4.78, 5) is 20.5. The van der Waals surface area contributed by atoms with E-state index in [4.69, 9.17) is 16.7 Å². The van der Waals surface area contributed by atoms with Gasteiger partial charge in [-0.1, -0.05) is 11.6 Å². The number of nitro benzene ring substituents is 1. The SMILES string of the molecule is O=C(O)c1cc(NS(=O)(=O)c2ccc(Cl)c([N+](=O)[O-])c2)ccc1O. The van der Waals surface area contributed by atoms with E-state index < -0.39 is 42.8 Å². The van der Waals surface area contributed by atoms with Crippen LogP contribution in [0.15, 0.2) is 41.3 Å². The molecular weight excluding hydrogens is 364 g/mol. The van der Waals surface area contributed by atoms with E-state index in [9.17, 15) is 28.4 Å². The van der Waals surface area contributed by atoms with E-state index in [1.54, 1.807) is 0 Å². The van der Waals surface area contributed by atoms with Crippen molar-refractivity contribution in [3.8, 4) is 5.75 Å². The number of benzene rings is 2. The van der Waals surface area contributed by atoms with Crippen molar-refractivity contribution in [2.75, 3.05) is 4.72 Å². The first-order valence-corrected chi connectivity index (χ1v) is 8.01. The Morgan fingerprint density at radius 3 is 2.46 bits per heavy atom. The van der Waals surface area contributed by atoms with Crippen LogP contribution in [0.5, 0.6) is 5.75 Å². The topological polar surface area (TPSA) is 147 Å². The number of rotatable bonds is 5. The van der Waals surface area contributed by atoms with Gasteiger partial charge in [-0.15, -0.1) is 0 Å². The Labute approximate surface area is 140 Å². The summed E-state index contributed by atoms with van der Waals surface area (Å²) >= 11 is 5.62. The van der Waals surface area contributed by atoms with Crippen LogP contribution < -0.4 is 4.72 Å². The largest absolute Gasteiger partial charge is 0.507 e. The summed E-state index contributed by atoms with van der Waals surface area (Å²) in [5.41, 5.74) is -1.23. The third-order valence-corrected chi connectivity index (χ3v) is 4.60. The molecule has 0 aromatic heterocycles. The first-order chi connectivity index (χ1) is 11.1. The number of phenols is 1. The summed E-state index contributed by atoms with van der Waals surface area (Å²) in [6.45, 7) is 0. The van der Waals surface area contributed by atoms with Gasteiger partial charge in [0.1, 0.15) is 16.3 Å². The van der Waals surface area contributed by atoms with E-state index in [1.807, 2.05) is 0 Å². The minimum absolute atomic E-state index is 0.136. The van der Waals surface area contributed by atoms with Crippen LogP contribution in [0.1, 0.15) is 10.4 Å². The van der Waals surface area contributed by atoms with Gasteiger partial charge >= 0.3 is 5.97 Å². The lowest BCUT2D eigenvalue weighted by molar-refractivity contribution is -0.384. The molecule has 0 saturated carbocycles. The average Bonchev–Trinajstić information content (AvgIpc) is 2.48. The van der Waals surface area contributed by atoms with Crippen molar-refractivity contribution in [3.05, 3.63) is 57.1 Å². The summed E-state index contributed by atoms with van der Waals surface area (Å²) in [5.74, 6) is -1.98. The van der Waals surface area contributed by atoms with Gasteiger partial charge in [-0.25, -0.2) is 13.2 Å². The molecule has 0 aliphatic carbocycles. The van der Waals surface area contributed by atoms with Gasteiger partial charge < -0.3 is 10.2 Å². The van der Waals surface area contributed by atoms with E-state index in [2.05, 4.69) is 4.72 Å². The maximum absolute atomic E-state index is 12.3. The molecule has 0 fully saturated rings. The van der Waals surface area contributed by atoms with E-state index in [-0.39, 0.29) is 10.7 Å². The highest BCUT2D eigenvalue weighted by molar-refractivity contribution is 7.92. The predicted octanol–water partition coefficient (Wildman–Crippen LogP) is 2.45. The molecule has 3 N–H and O–H groups in total. The number of anilines is 1. The first kappa shape index (κ1) is 17.5. The number of carboxylic acids is 1. The third-order valence-electron chi connectivity index (χ3n) is 2.90. The molecule has 126 valence electrons. The van der Waals surface area contributed by atoms with Gasteiger partial charge in [0.2, 0.25) is 0 Å². The summed E-state index contributed by atoms with van der Waals surface area (Å²) in [6.07, 6.45) is 0. The fourth-order valence-corrected chi connectivity index (χ4v) is 3.04. The molecule has 0 aliphatic heterocycles. The van der Waals surface area contributed by atoms with Crippen molar-refractivity contribution in [2.24, 2.45) is 0 Å². The summed E-state index contributed by atoms with van der Waals surface area (Å²) < 4.78 is 26.6. The lowest BCUT2D eigenvalue weighted by atomic mass is 10.2. The molecule has 24 heavy (non-hydrogen) atoms. The van der Waals surface area contributed by atoms with Gasteiger partial charge in [0.05, 0.1) is 9.82 Å². The summed E-state index contributed by atoms with van der Waals surface area (Å²) in [6, 6.07) is 5.97. The number of aromatic hydroxyl groups is 1. The van der Waals surface area contributed by atoms with Crippen LogP contribution in [0.2, 0.25) is 5.02 Å². The molecule has 0 unspecified atom stereocenters. The third kappa shape index (κ3) is 3.55. The zero-order valence-corrected chi connectivity index (χ0v) is 13.2. The number of halogens is 1. The molecule has 0 aliphatic rings. The Morgan fingerprint density at radius 1 is 1.21 bits per heavy atom. The first-order valence-electron chi connectivity index (χ1n) is 6.15. The van der Waals surface area contributed by atoms with Gasteiger partial charge in [-0.05, 0) is 30.3 Å². The fraction of sp³-hybridized carbons (Fsp3) is 0. The molecule has 0 heterocycles. The standard InChI is InChI=1S/C13H9ClN2O7S/c14-10-3-2-8(6-11(10)16(20)21)24(22,23)15-7-1-4-12(17)9(5-7)13(18)19/h1-6,15,17H,(H,18,19). The second kappa shape index (κ2) is 6.34. The average molecular weight is 373 g/mol. The zero-order chi connectivity index (χ0) is 18.1. The Kier molecular flexibility index (Phi) is 4.62. The highest BCUT2D eigenvalue weighted by Crippen LogP contribution is 2.29. The quantitative estimate of drug-likeness (QED) is 0.414. The molecule has 0 bridgehead atoms. The number of sulfonamides is 1. The highest BCUT2D eigenvalue weighted by Gasteiger charge is 2.21. The molecule has 11 heteroatoms. The lowest BCUT2D eigenvalue weighted by Gasteiger charge is -2.09. The van der Waals surface area contributed by atoms with Gasteiger partial charge in [0.25, 0.3) is 15.7 Å². The maximum Gasteiger partial charge on any atom is 0.339 e. The van der Waals surface area contributed by atoms with E-state index in [1.165, 1.54) is 0 Å². The van der Waals surface area contributed by atoms with Crippen LogP contribution in [0.25, 0.3) is 0 Å². The number of nitrogens with zero attached hydrogens (tertiary/aromatic N) is 1. The lowest BCUT2D eigenvalue weighted by Crippen LogP contribution is -2.13. The second-order valence-corrected chi connectivity index (χ2v) is 6.60. The molecule has 0 spiro atoms. The molecule has 9 nitrogen and oxygen atoms in total. The van der Waals surface area contributed by atoms with E-state index >= 15 is 0 Å². The van der Waals surface area contributed by atoms with Crippen LogP contribution >= 0.6 is 11.6 Å². The smallest absolute Gasteiger partial charge is 0.339 e. The number of hydrogen-bond acceptors (Lipinski definition) is 6. The van der Waals surface area contributed by atoms with Gasteiger partial charge in [-0.3, -0.25) is 14.8 Å². The molecule has 2 rings (SSSR count). The van der Waals surface area contributed by atoms with Crippen LogP contribution in [-0.2, 0) is 10.0 Å². The fourth-order valence-electron chi connectivity index (χ4n) is 1.78. The molecule has 2 aromatic rings. The molecule has 0 atom stereocenters. The molecule has 0 amide bonds. The van der Waals surface area contributed by atoms with Crippen molar-refractivity contribution in [3.63, 3.8) is 0 Å². The van der Waals surface area contributed by atoms with Crippen molar-refractivity contribution < 1.29 is 28.3 Å². The number of hydrogen-bond donors (Lipinski definition) is 3. The Balaban J connectivity index is 2.42. The van der Waals surface area contributed by atoms with Crippen molar-refractivity contribution in [1.82, 2.24) is 0 Å². The molecule has 0 saturated heterocycles. The Bertz CT molecular complexity index is 943. The van der Waals surface area contributed by atoms with Gasteiger partial charge in [0.15, 0.2) is 0 Å². The number of aromatic carboxylic acids is 1. The van der Waals surface area contributed by atoms with Crippen LogP contribution in [0, 0.1) is 10.1 Å². The van der Waals surface area contributed by atoms with Crippen LogP contribution in [0.4, 0.5) is 11.4 Å². The van der Waals surface area contributed by atoms with Gasteiger partial charge in [0, 0.05) is 11.8 Å². The zero-order valence-electron chi connectivity index (χ0n) is 11.6. The minimum Gasteiger partial charge on any atom is -0.507 e. The van der Waals surface area contributed by atoms with Crippen molar-refractivity contribution >= 4 is 39.0 Å². The number of carbonyl (C=O) groups is 1. The highest BCUT2D eigenvalue weighted by atomic mass is 35.5. The maximum atomic E-state index is 12.3. The Morgan fingerprint density at radius 2 is 1.88 bits per heavy atom. The van der Waals surface area contributed by atoms with Crippen molar-refractivity contribution in [1.29, 1.82) is 0 Å². The molecule has 0 radical (unpaired) electrons.